The minimum absolute atomic E-state index is 0.0412. The molecule has 4 aromatic rings. The van der Waals surface area contributed by atoms with E-state index in [0.29, 0.717) is 11.3 Å². The van der Waals surface area contributed by atoms with E-state index in [1.807, 2.05) is 60.7 Å². The molecule has 5 nitrogen and oxygen atoms in total. The Balaban J connectivity index is 1.52. The molecule has 0 radical (unpaired) electrons. The summed E-state index contributed by atoms with van der Waals surface area (Å²) in [5.41, 5.74) is 1.28. The summed E-state index contributed by atoms with van der Waals surface area (Å²) in [7, 11) is 0. The van der Waals surface area contributed by atoms with Crippen molar-refractivity contribution in [1.29, 1.82) is 0 Å². The topological polar surface area (TPSA) is 64.1 Å². The minimum atomic E-state index is -0.741. The normalized spacial score (nSPS) is 10.6. The molecule has 0 bridgehead atoms. The number of amides is 1. The number of fused-ring (bicyclic) bond motifs is 1. The van der Waals surface area contributed by atoms with Gasteiger partial charge in [0.2, 0.25) is 5.95 Å². The second-order valence-electron chi connectivity index (χ2n) is 5.89. The minimum Gasteiger partial charge on any atom is -0.410 e. The molecule has 1 N–H and O–H groups in total. The summed E-state index contributed by atoms with van der Waals surface area (Å²) in [6.45, 7) is 0. The second-order valence-corrected chi connectivity index (χ2v) is 6.61. The summed E-state index contributed by atoms with van der Waals surface area (Å²) in [5.74, 6) is 0.356. The fraction of sp³-hybridized carbons (Fsp3) is 0. The second kappa shape index (κ2) is 7.84. The molecule has 0 aliphatic carbocycles. The Morgan fingerprint density at radius 1 is 0.821 bits per heavy atom. The van der Waals surface area contributed by atoms with Crippen LogP contribution >= 0.6 is 23.2 Å². The summed E-state index contributed by atoms with van der Waals surface area (Å²) in [5, 5.41) is 4.72. The SMILES string of the molecule is O=C(Nc1nc(Cl)c(-c2ccccc2)c(Cl)n1)Oc1ccc2ccccc2c1. The van der Waals surface area contributed by atoms with Crippen molar-refractivity contribution >= 4 is 46.0 Å². The number of carbonyl (C=O) groups is 1. The number of nitrogens with zero attached hydrogens (tertiary/aromatic N) is 2. The predicted octanol–water partition coefficient (Wildman–Crippen LogP) is 6.21. The van der Waals surface area contributed by atoms with Crippen LogP contribution in [0, 0.1) is 0 Å². The predicted molar refractivity (Wildman–Crippen MR) is 111 cm³/mol. The van der Waals surface area contributed by atoms with Crippen LogP contribution in [0.2, 0.25) is 10.3 Å². The molecule has 0 spiro atoms. The molecule has 0 aliphatic rings. The fourth-order valence-electron chi connectivity index (χ4n) is 2.76. The van der Waals surface area contributed by atoms with Crippen LogP contribution in [-0.4, -0.2) is 16.1 Å². The van der Waals surface area contributed by atoms with Crippen molar-refractivity contribution in [2.24, 2.45) is 0 Å². The first-order valence-corrected chi connectivity index (χ1v) is 9.12. The molecule has 0 saturated heterocycles. The zero-order chi connectivity index (χ0) is 19.5. The van der Waals surface area contributed by atoms with E-state index >= 15 is 0 Å². The summed E-state index contributed by atoms with van der Waals surface area (Å²) in [4.78, 5) is 20.4. The lowest BCUT2D eigenvalue weighted by Crippen LogP contribution is -2.18. The molecule has 0 unspecified atom stereocenters. The van der Waals surface area contributed by atoms with Crippen LogP contribution in [0.3, 0.4) is 0 Å². The number of hydrogen-bond donors (Lipinski definition) is 1. The van der Waals surface area contributed by atoms with Gasteiger partial charge >= 0.3 is 6.09 Å². The first-order valence-electron chi connectivity index (χ1n) is 8.36. The molecule has 3 aromatic carbocycles. The third-order valence-electron chi connectivity index (χ3n) is 4.03. The van der Waals surface area contributed by atoms with Crippen LogP contribution in [0.5, 0.6) is 5.75 Å². The van der Waals surface area contributed by atoms with Crippen molar-refractivity contribution in [2.75, 3.05) is 5.32 Å². The van der Waals surface area contributed by atoms with Crippen molar-refractivity contribution in [2.45, 2.75) is 0 Å². The highest BCUT2D eigenvalue weighted by Crippen LogP contribution is 2.33. The maximum atomic E-state index is 12.2. The van der Waals surface area contributed by atoms with Gasteiger partial charge in [0.05, 0.1) is 5.56 Å². The van der Waals surface area contributed by atoms with Crippen molar-refractivity contribution in [3.8, 4) is 16.9 Å². The van der Waals surface area contributed by atoms with Gasteiger partial charge < -0.3 is 4.74 Å². The zero-order valence-corrected chi connectivity index (χ0v) is 15.9. The van der Waals surface area contributed by atoms with Crippen LogP contribution in [0.4, 0.5) is 10.7 Å². The van der Waals surface area contributed by atoms with Gasteiger partial charge in [-0.1, -0.05) is 83.9 Å². The molecule has 0 saturated carbocycles. The molecule has 0 fully saturated rings. The maximum absolute atomic E-state index is 12.2. The Morgan fingerprint density at radius 2 is 1.46 bits per heavy atom. The van der Waals surface area contributed by atoms with Crippen LogP contribution < -0.4 is 10.1 Å². The Bertz CT molecular complexity index is 1140. The molecule has 0 atom stereocenters. The largest absolute Gasteiger partial charge is 0.419 e. The van der Waals surface area contributed by atoms with Gasteiger partial charge in [0.25, 0.3) is 0 Å². The Hall–Kier alpha value is -3.15. The molecule has 138 valence electrons. The molecule has 1 heterocycles. The number of benzene rings is 3. The number of anilines is 1. The molecule has 0 aliphatic heterocycles. The lowest BCUT2D eigenvalue weighted by molar-refractivity contribution is 0.215. The number of aromatic nitrogens is 2. The number of carbonyl (C=O) groups excluding carboxylic acids is 1. The molecule has 1 amide bonds. The van der Waals surface area contributed by atoms with Gasteiger partial charge in [-0.2, -0.15) is 9.97 Å². The average molecular weight is 410 g/mol. The van der Waals surface area contributed by atoms with E-state index in [9.17, 15) is 4.79 Å². The van der Waals surface area contributed by atoms with Crippen LogP contribution in [0.25, 0.3) is 21.9 Å². The van der Waals surface area contributed by atoms with Gasteiger partial charge in [0, 0.05) is 0 Å². The quantitative estimate of drug-likeness (QED) is 0.408. The highest BCUT2D eigenvalue weighted by molar-refractivity contribution is 6.37. The van der Waals surface area contributed by atoms with Gasteiger partial charge in [0.1, 0.15) is 16.1 Å². The van der Waals surface area contributed by atoms with E-state index < -0.39 is 6.09 Å². The van der Waals surface area contributed by atoms with Gasteiger partial charge in [0.15, 0.2) is 0 Å². The monoisotopic (exact) mass is 409 g/mol. The van der Waals surface area contributed by atoms with Gasteiger partial charge in [-0.25, -0.2) is 4.79 Å². The fourth-order valence-corrected chi connectivity index (χ4v) is 3.37. The Morgan fingerprint density at radius 3 is 2.18 bits per heavy atom. The van der Waals surface area contributed by atoms with Crippen molar-refractivity contribution in [1.82, 2.24) is 9.97 Å². The van der Waals surface area contributed by atoms with Gasteiger partial charge in [-0.05, 0) is 28.5 Å². The standard InChI is InChI=1S/C21H13Cl2N3O2/c22-18-17(14-7-2-1-3-8-14)19(23)25-20(24-18)26-21(27)28-16-11-10-13-6-4-5-9-15(13)12-16/h1-12H,(H,24,25,26,27). The van der Waals surface area contributed by atoms with E-state index in [2.05, 4.69) is 15.3 Å². The zero-order valence-electron chi connectivity index (χ0n) is 14.4. The number of ether oxygens (including phenoxy) is 1. The smallest absolute Gasteiger partial charge is 0.410 e. The number of nitrogens with one attached hydrogen (secondary N) is 1. The van der Waals surface area contributed by atoms with E-state index in [1.165, 1.54) is 0 Å². The highest BCUT2D eigenvalue weighted by atomic mass is 35.5. The number of hydrogen-bond acceptors (Lipinski definition) is 4. The maximum Gasteiger partial charge on any atom is 0.419 e. The summed E-state index contributed by atoms with van der Waals surface area (Å²) in [6, 6.07) is 22.4. The number of halogens is 2. The Labute approximate surface area is 170 Å². The molecule has 4 rings (SSSR count). The van der Waals surface area contributed by atoms with Gasteiger partial charge in [-0.3, -0.25) is 5.32 Å². The molecular weight excluding hydrogens is 397 g/mol. The lowest BCUT2D eigenvalue weighted by atomic mass is 10.1. The van der Waals surface area contributed by atoms with E-state index in [-0.39, 0.29) is 16.3 Å². The van der Waals surface area contributed by atoms with Crippen LogP contribution in [0.1, 0.15) is 0 Å². The van der Waals surface area contributed by atoms with Crippen LogP contribution in [0.15, 0.2) is 72.8 Å². The Kier molecular flexibility index (Phi) is 5.10. The molecule has 28 heavy (non-hydrogen) atoms. The third-order valence-corrected chi connectivity index (χ3v) is 4.58. The van der Waals surface area contributed by atoms with Gasteiger partial charge in [-0.15, -0.1) is 0 Å². The van der Waals surface area contributed by atoms with Crippen molar-refractivity contribution in [3.63, 3.8) is 0 Å². The summed E-state index contributed by atoms with van der Waals surface area (Å²) < 4.78 is 5.30. The average Bonchev–Trinajstić information content (AvgIpc) is 2.68. The van der Waals surface area contributed by atoms with E-state index in [4.69, 9.17) is 27.9 Å². The molecule has 7 heteroatoms. The molecular formula is C21H13Cl2N3O2. The summed E-state index contributed by atoms with van der Waals surface area (Å²) in [6.07, 6.45) is -0.741. The van der Waals surface area contributed by atoms with Crippen molar-refractivity contribution in [3.05, 3.63) is 83.1 Å². The third kappa shape index (κ3) is 3.91. The van der Waals surface area contributed by atoms with E-state index in [0.717, 1.165) is 16.3 Å². The first kappa shape index (κ1) is 18.2. The van der Waals surface area contributed by atoms with Crippen LogP contribution in [-0.2, 0) is 0 Å². The molecule has 1 aromatic heterocycles. The first-order chi connectivity index (χ1) is 13.6. The number of rotatable bonds is 3. The summed E-state index contributed by atoms with van der Waals surface area (Å²) >= 11 is 12.5. The van der Waals surface area contributed by atoms with Crippen molar-refractivity contribution < 1.29 is 9.53 Å². The van der Waals surface area contributed by atoms with E-state index in [1.54, 1.807) is 12.1 Å². The lowest BCUT2D eigenvalue weighted by Gasteiger charge is -2.10. The highest BCUT2D eigenvalue weighted by Gasteiger charge is 2.15.